The van der Waals surface area contributed by atoms with E-state index in [2.05, 4.69) is 0 Å². The van der Waals surface area contributed by atoms with Gasteiger partial charge < -0.3 is 39.4 Å². The van der Waals surface area contributed by atoms with E-state index in [-0.39, 0.29) is 62.3 Å². The second-order valence-electron chi connectivity index (χ2n) is 8.22. The van der Waals surface area contributed by atoms with Crippen LogP contribution < -0.4 is 0 Å². The summed E-state index contributed by atoms with van der Waals surface area (Å²) in [5.74, 6) is -0.734. The molecule has 2 saturated heterocycles. The molecule has 0 aromatic carbocycles. The van der Waals surface area contributed by atoms with Gasteiger partial charge in [-0.3, -0.25) is 0 Å². The standard InChI is InChI=1S/C20H38O8/c1-5-13-15(6-21)27-18(12(3)19(13)23)10-26-8-14-16(7-22)28-17(9-25-4)11(2)20(14)24/h11-24H,5-10H2,1-4H3. The summed E-state index contributed by atoms with van der Waals surface area (Å²) in [5, 5.41) is 40.5. The average molecular weight is 407 g/mol. The number of methoxy groups -OCH3 is 1. The SMILES string of the molecule is CCC1C(CO)OC(COCC2C(CO)OC(COC)C(C)C2O)C(C)C1O. The first-order chi connectivity index (χ1) is 13.4. The zero-order valence-corrected chi connectivity index (χ0v) is 17.4. The number of aliphatic hydroxyl groups excluding tert-OH is 4. The quantitative estimate of drug-likeness (QED) is 0.416. The van der Waals surface area contributed by atoms with Crippen LogP contribution in [0.1, 0.15) is 27.2 Å². The Labute approximate surface area is 167 Å². The highest BCUT2D eigenvalue weighted by Gasteiger charge is 2.44. The average Bonchev–Trinajstić information content (AvgIpc) is 2.70. The Bertz CT molecular complexity index is 446. The van der Waals surface area contributed by atoms with Gasteiger partial charge in [0.05, 0.1) is 69.7 Å². The zero-order valence-electron chi connectivity index (χ0n) is 17.4. The van der Waals surface area contributed by atoms with Crippen LogP contribution in [0.2, 0.25) is 0 Å². The Balaban J connectivity index is 1.92. The normalized spacial score (nSPS) is 44.6. The molecule has 28 heavy (non-hydrogen) atoms. The van der Waals surface area contributed by atoms with E-state index in [1.807, 2.05) is 20.8 Å². The van der Waals surface area contributed by atoms with Gasteiger partial charge in [0.25, 0.3) is 0 Å². The molecule has 0 aliphatic carbocycles. The van der Waals surface area contributed by atoms with E-state index in [0.29, 0.717) is 6.61 Å². The maximum absolute atomic E-state index is 10.7. The largest absolute Gasteiger partial charge is 0.394 e. The summed E-state index contributed by atoms with van der Waals surface area (Å²) < 4.78 is 22.8. The maximum atomic E-state index is 10.7. The topological polar surface area (TPSA) is 118 Å². The summed E-state index contributed by atoms with van der Waals surface area (Å²) in [6, 6.07) is 0. The summed E-state index contributed by atoms with van der Waals surface area (Å²) in [5.41, 5.74) is 0. The number of hydrogen-bond acceptors (Lipinski definition) is 8. The van der Waals surface area contributed by atoms with Crippen LogP contribution in [-0.4, -0.2) is 97.2 Å². The third-order valence-corrected chi connectivity index (χ3v) is 6.54. The van der Waals surface area contributed by atoms with Crippen molar-refractivity contribution in [2.75, 3.05) is 40.1 Å². The predicted molar refractivity (Wildman–Crippen MR) is 102 cm³/mol. The lowest BCUT2D eigenvalue weighted by atomic mass is 9.80. The van der Waals surface area contributed by atoms with Gasteiger partial charge in [-0.25, -0.2) is 0 Å². The van der Waals surface area contributed by atoms with Crippen molar-refractivity contribution in [3.8, 4) is 0 Å². The Kier molecular flexibility index (Phi) is 9.56. The Morgan fingerprint density at radius 3 is 1.75 bits per heavy atom. The predicted octanol–water partition coefficient (Wildman–Crippen LogP) is -0.195. The first-order valence-corrected chi connectivity index (χ1v) is 10.3. The van der Waals surface area contributed by atoms with Crippen molar-refractivity contribution in [3.63, 3.8) is 0 Å². The molecule has 4 N–H and O–H groups in total. The molecule has 0 bridgehead atoms. The van der Waals surface area contributed by atoms with Crippen LogP contribution in [-0.2, 0) is 18.9 Å². The molecule has 2 fully saturated rings. The minimum atomic E-state index is -0.684. The van der Waals surface area contributed by atoms with Crippen LogP contribution in [0.5, 0.6) is 0 Å². The highest BCUT2D eigenvalue weighted by Crippen LogP contribution is 2.34. The van der Waals surface area contributed by atoms with E-state index in [0.717, 1.165) is 6.42 Å². The molecule has 0 aromatic heterocycles. The number of hydrogen-bond donors (Lipinski definition) is 4. The molecule has 0 spiro atoms. The highest BCUT2D eigenvalue weighted by atomic mass is 16.6. The molecule has 8 heteroatoms. The highest BCUT2D eigenvalue weighted by molar-refractivity contribution is 4.91. The van der Waals surface area contributed by atoms with Crippen molar-refractivity contribution in [3.05, 3.63) is 0 Å². The molecule has 0 radical (unpaired) electrons. The second kappa shape index (κ2) is 11.2. The maximum Gasteiger partial charge on any atom is 0.0885 e. The van der Waals surface area contributed by atoms with Gasteiger partial charge in [-0.15, -0.1) is 0 Å². The smallest absolute Gasteiger partial charge is 0.0885 e. The second-order valence-corrected chi connectivity index (χ2v) is 8.22. The minimum Gasteiger partial charge on any atom is -0.394 e. The summed E-state index contributed by atoms with van der Waals surface area (Å²) in [6.07, 6.45) is -2.08. The summed E-state index contributed by atoms with van der Waals surface area (Å²) in [4.78, 5) is 0. The number of aliphatic hydroxyl groups is 4. The van der Waals surface area contributed by atoms with E-state index >= 15 is 0 Å². The Morgan fingerprint density at radius 2 is 1.25 bits per heavy atom. The van der Waals surface area contributed by atoms with Gasteiger partial charge in [-0.2, -0.15) is 0 Å². The molecule has 10 atom stereocenters. The van der Waals surface area contributed by atoms with Crippen molar-refractivity contribution < 1.29 is 39.4 Å². The molecule has 8 nitrogen and oxygen atoms in total. The lowest BCUT2D eigenvalue weighted by molar-refractivity contribution is -0.216. The fraction of sp³-hybridized carbons (Fsp3) is 1.00. The van der Waals surface area contributed by atoms with Crippen LogP contribution in [0, 0.1) is 23.7 Å². The summed E-state index contributed by atoms with van der Waals surface area (Å²) in [7, 11) is 1.58. The van der Waals surface area contributed by atoms with E-state index in [1.165, 1.54) is 0 Å². The van der Waals surface area contributed by atoms with Crippen molar-refractivity contribution in [2.45, 2.75) is 63.8 Å². The van der Waals surface area contributed by atoms with Gasteiger partial charge >= 0.3 is 0 Å². The third-order valence-electron chi connectivity index (χ3n) is 6.54. The van der Waals surface area contributed by atoms with Crippen LogP contribution >= 0.6 is 0 Å². The molecule has 2 aliphatic heterocycles. The fourth-order valence-corrected chi connectivity index (χ4v) is 4.49. The van der Waals surface area contributed by atoms with E-state index in [1.54, 1.807) is 7.11 Å². The Morgan fingerprint density at radius 1 is 0.750 bits per heavy atom. The van der Waals surface area contributed by atoms with Crippen LogP contribution in [0.3, 0.4) is 0 Å². The zero-order chi connectivity index (χ0) is 20.8. The van der Waals surface area contributed by atoms with Crippen molar-refractivity contribution in [1.82, 2.24) is 0 Å². The van der Waals surface area contributed by atoms with Gasteiger partial charge in [-0.1, -0.05) is 20.8 Å². The monoisotopic (exact) mass is 406 g/mol. The van der Waals surface area contributed by atoms with Gasteiger partial charge in [0.15, 0.2) is 0 Å². The third kappa shape index (κ3) is 5.23. The molecule has 0 aromatic rings. The van der Waals surface area contributed by atoms with Crippen molar-refractivity contribution in [2.24, 2.45) is 23.7 Å². The fourth-order valence-electron chi connectivity index (χ4n) is 4.49. The Hall–Kier alpha value is -0.320. The van der Waals surface area contributed by atoms with Gasteiger partial charge in [0.2, 0.25) is 0 Å². The van der Waals surface area contributed by atoms with Crippen LogP contribution in [0.4, 0.5) is 0 Å². The van der Waals surface area contributed by atoms with E-state index in [9.17, 15) is 20.4 Å². The lowest BCUT2D eigenvalue weighted by Crippen LogP contribution is -2.55. The number of rotatable bonds is 9. The van der Waals surface area contributed by atoms with E-state index < -0.39 is 24.4 Å². The van der Waals surface area contributed by atoms with E-state index in [4.69, 9.17) is 18.9 Å². The molecular weight excluding hydrogens is 368 g/mol. The van der Waals surface area contributed by atoms with Gasteiger partial charge in [0, 0.05) is 30.8 Å². The van der Waals surface area contributed by atoms with Crippen LogP contribution in [0.25, 0.3) is 0 Å². The summed E-state index contributed by atoms with van der Waals surface area (Å²) in [6.45, 7) is 6.24. The molecule has 2 rings (SSSR count). The van der Waals surface area contributed by atoms with Crippen molar-refractivity contribution in [1.29, 1.82) is 0 Å². The van der Waals surface area contributed by atoms with Gasteiger partial charge in [0.1, 0.15) is 0 Å². The molecule has 2 heterocycles. The first-order valence-electron chi connectivity index (χ1n) is 10.3. The molecule has 166 valence electrons. The molecular formula is C20H38O8. The van der Waals surface area contributed by atoms with Gasteiger partial charge in [-0.05, 0) is 6.42 Å². The minimum absolute atomic E-state index is 0.0952. The summed E-state index contributed by atoms with van der Waals surface area (Å²) >= 11 is 0. The van der Waals surface area contributed by atoms with Crippen molar-refractivity contribution >= 4 is 0 Å². The molecule has 0 amide bonds. The number of ether oxygens (including phenoxy) is 4. The first kappa shape index (κ1) is 24.0. The molecule has 10 unspecified atom stereocenters. The lowest BCUT2D eigenvalue weighted by Gasteiger charge is -2.44. The molecule has 2 aliphatic rings. The van der Waals surface area contributed by atoms with Crippen LogP contribution in [0.15, 0.2) is 0 Å². The molecule has 0 saturated carbocycles.